The molecular formula is C20H30ClN3O2. The molecule has 2 N–H and O–H groups in total. The molecule has 1 unspecified atom stereocenters. The van der Waals surface area contributed by atoms with E-state index in [1.807, 2.05) is 19.2 Å². The normalized spacial score (nSPS) is 21.6. The Balaban J connectivity index is 1.32. The smallest absolute Gasteiger partial charge is 0.191 e. The van der Waals surface area contributed by atoms with Crippen molar-refractivity contribution in [2.45, 2.75) is 31.1 Å². The minimum Gasteiger partial charge on any atom is -0.381 e. The second kappa shape index (κ2) is 9.58. The topological polar surface area (TPSA) is 54.9 Å². The number of rotatable bonds is 9. The summed E-state index contributed by atoms with van der Waals surface area (Å²) in [6, 6.07) is 8.21. The van der Waals surface area contributed by atoms with Gasteiger partial charge in [-0.25, -0.2) is 0 Å². The molecule has 6 heteroatoms. The van der Waals surface area contributed by atoms with Gasteiger partial charge in [0.05, 0.1) is 13.2 Å². The molecule has 5 nitrogen and oxygen atoms in total. The van der Waals surface area contributed by atoms with Crippen molar-refractivity contribution in [3.63, 3.8) is 0 Å². The highest BCUT2D eigenvalue weighted by Gasteiger charge is 2.44. The molecule has 1 aliphatic heterocycles. The van der Waals surface area contributed by atoms with E-state index in [9.17, 15) is 0 Å². The summed E-state index contributed by atoms with van der Waals surface area (Å²) in [6.45, 7) is 5.05. The summed E-state index contributed by atoms with van der Waals surface area (Å²) in [5.41, 5.74) is 1.52. The Hall–Kier alpha value is -1.30. The fourth-order valence-electron chi connectivity index (χ4n) is 3.36. The molecule has 1 saturated heterocycles. The number of hydrogen-bond donors (Lipinski definition) is 2. The average molecular weight is 380 g/mol. The van der Waals surface area contributed by atoms with E-state index in [1.54, 1.807) is 0 Å². The zero-order valence-electron chi connectivity index (χ0n) is 15.6. The number of hydrogen-bond acceptors (Lipinski definition) is 3. The summed E-state index contributed by atoms with van der Waals surface area (Å²) >= 11 is 6.15. The van der Waals surface area contributed by atoms with Crippen LogP contribution in [0.25, 0.3) is 0 Å². The number of ether oxygens (including phenoxy) is 2. The van der Waals surface area contributed by atoms with Gasteiger partial charge in [-0.2, -0.15) is 0 Å². The maximum Gasteiger partial charge on any atom is 0.191 e. The number of halogens is 1. The van der Waals surface area contributed by atoms with Crippen LogP contribution in [-0.2, 0) is 14.9 Å². The van der Waals surface area contributed by atoms with Crippen molar-refractivity contribution >= 4 is 17.6 Å². The van der Waals surface area contributed by atoms with E-state index < -0.39 is 0 Å². The van der Waals surface area contributed by atoms with Crippen LogP contribution in [0.3, 0.4) is 0 Å². The molecule has 2 aliphatic rings. The van der Waals surface area contributed by atoms with E-state index in [0.717, 1.165) is 63.3 Å². The van der Waals surface area contributed by atoms with Crippen molar-refractivity contribution in [3.05, 3.63) is 34.9 Å². The first kappa shape index (κ1) is 19.5. The lowest BCUT2D eigenvalue weighted by Crippen LogP contribution is -2.41. The van der Waals surface area contributed by atoms with E-state index in [-0.39, 0.29) is 5.41 Å². The van der Waals surface area contributed by atoms with Crippen LogP contribution in [-0.4, -0.2) is 52.5 Å². The predicted octanol–water partition coefficient (Wildman–Crippen LogP) is 2.98. The molecule has 1 aromatic carbocycles. The molecule has 1 saturated carbocycles. The minimum atomic E-state index is 0.203. The molecule has 26 heavy (non-hydrogen) atoms. The molecule has 0 amide bonds. The standard InChI is InChI=1S/C20H30ClN3O2/c1-22-19(23-9-3-10-25-13-16-6-11-26-14-16)24-15-20(7-8-20)17-4-2-5-18(21)12-17/h2,4-5,12,16H,3,6-11,13-15H2,1H3,(H2,22,23,24). The third kappa shape index (κ3) is 5.60. The van der Waals surface area contributed by atoms with Gasteiger partial charge in [0.25, 0.3) is 0 Å². The van der Waals surface area contributed by atoms with Crippen molar-refractivity contribution < 1.29 is 9.47 Å². The summed E-state index contributed by atoms with van der Waals surface area (Å²) in [4.78, 5) is 4.32. The van der Waals surface area contributed by atoms with E-state index in [0.29, 0.717) is 5.92 Å². The van der Waals surface area contributed by atoms with Crippen molar-refractivity contribution in [1.82, 2.24) is 10.6 Å². The highest BCUT2D eigenvalue weighted by molar-refractivity contribution is 6.30. The largest absolute Gasteiger partial charge is 0.381 e. The molecular weight excluding hydrogens is 350 g/mol. The quantitative estimate of drug-likeness (QED) is 0.393. The van der Waals surface area contributed by atoms with E-state index in [2.05, 4.69) is 27.8 Å². The van der Waals surface area contributed by atoms with Gasteiger partial charge in [0.1, 0.15) is 0 Å². The van der Waals surface area contributed by atoms with Gasteiger partial charge in [-0.05, 0) is 43.4 Å². The molecule has 1 aromatic rings. The lowest BCUT2D eigenvalue weighted by molar-refractivity contribution is 0.0888. The molecule has 0 spiro atoms. The second-order valence-corrected chi connectivity index (χ2v) is 7.74. The first-order valence-electron chi connectivity index (χ1n) is 9.58. The fraction of sp³-hybridized carbons (Fsp3) is 0.650. The minimum absolute atomic E-state index is 0.203. The molecule has 1 atom stereocenters. The predicted molar refractivity (Wildman–Crippen MR) is 106 cm³/mol. The Morgan fingerprint density at radius 1 is 1.38 bits per heavy atom. The van der Waals surface area contributed by atoms with Crippen molar-refractivity contribution in [2.24, 2.45) is 10.9 Å². The van der Waals surface area contributed by atoms with Gasteiger partial charge in [0.15, 0.2) is 5.96 Å². The van der Waals surface area contributed by atoms with Crippen molar-refractivity contribution in [1.29, 1.82) is 0 Å². The van der Waals surface area contributed by atoms with Crippen LogP contribution in [0.4, 0.5) is 0 Å². The maximum absolute atomic E-state index is 6.15. The van der Waals surface area contributed by atoms with E-state index in [4.69, 9.17) is 21.1 Å². The van der Waals surface area contributed by atoms with Crippen LogP contribution < -0.4 is 10.6 Å². The van der Waals surface area contributed by atoms with Crippen LogP contribution in [0.5, 0.6) is 0 Å². The molecule has 1 aliphatic carbocycles. The zero-order valence-corrected chi connectivity index (χ0v) is 16.4. The SMILES string of the molecule is CN=C(NCCCOCC1CCOC1)NCC1(c2cccc(Cl)c2)CC1. The van der Waals surface area contributed by atoms with Gasteiger partial charge in [-0.15, -0.1) is 0 Å². The van der Waals surface area contributed by atoms with Gasteiger partial charge in [-0.1, -0.05) is 23.7 Å². The fourth-order valence-corrected chi connectivity index (χ4v) is 3.55. The number of nitrogens with one attached hydrogen (secondary N) is 2. The number of nitrogens with zero attached hydrogens (tertiary/aromatic N) is 1. The summed E-state index contributed by atoms with van der Waals surface area (Å²) in [5, 5.41) is 7.64. The lowest BCUT2D eigenvalue weighted by Gasteiger charge is -2.19. The van der Waals surface area contributed by atoms with Gasteiger partial charge < -0.3 is 20.1 Å². The van der Waals surface area contributed by atoms with Gasteiger partial charge in [0, 0.05) is 49.7 Å². The first-order chi connectivity index (χ1) is 12.7. The lowest BCUT2D eigenvalue weighted by atomic mass is 9.96. The van der Waals surface area contributed by atoms with Gasteiger partial charge in [-0.3, -0.25) is 4.99 Å². The van der Waals surface area contributed by atoms with Gasteiger partial charge >= 0.3 is 0 Å². The monoisotopic (exact) mass is 379 g/mol. The summed E-state index contributed by atoms with van der Waals surface area (Å²) in [6.07, 6.45) is 4.48. The summed E-state index contributed by atoms with van der Waals surface area (Å²) in [5.74, 6) is 1.43. The number of guanidine groups is 1. The zero-order chi connectivity index (χ0) is 18.2. The van der Waals surface area contributed by atoms with Crippen LogP contribution in [0.15, 0.2) is 29.3 Å². The Kier molecular flexibility index (Phi) is 7.17. The van der Waals surface area contributed by atoms with Crippen LogP contribution in [0, 0.1) is 5.92 Å². The Morgan fingerprint density at radius 2 is 2.27 bits per heavy atom. The summed E-state index contributed by atoms with van der Waals surface area (Å²) in [7, 11) is 1.81. The highest BCUT2D eigenvalue weighted by atomic mass is 35.5. The van der Waals surface area contributed by atoms with Crippen molar-refractivity contribution in [3.8, 4) is 0 Å². The molecule has 0 bridgehead atoms. The molecule has 2 fully saturated rings. The molecule has 0 aromatic heterocycles. The molecule has 1 heterocycles. The van der Waals surface area contributed by atoms with Crippen LogP contribution in [0.2, 0.25) is 5.02 Å². The Morgan fingerprint density at radius 3 is 2.96 bits per heavy atom. The second-order valence-electron chi connectivity index (χ2n) is 7.30. The van der Waals surface area contributed by atoms with Crippen molar-refractivity contribution in [2.75, 3.05) is 46.6 Å². The van der Waals surface area contributed by atoms with E-state index in [1.165, 1.54) is 18.4 Å². The molecule has 0 radical (unpaired) electrons. The third-order valence-corrected chi connectivity index (χ3v) is 5.48. The number of benzene rings is 1. The average Bonchev–Trinajstić information content (AvgIpc) is 3.27. The Labute approximate surface area is 161 Å². The van der Waals surface area contributed by atoms with Gasteiger partial charge in [0.2, 0.25) is 0 Å². The van der Waals surface area contributed by atoms with E-state index >= 15 is 0 Å². The molecule has 144 valence electrons. The maximum atomic E-state index is 6.15. The highest BCUT2D eigenvalue weighted by Crippen LogP contribution is 2.48. The number of aliphatic imine (C=N–C) groups is 1. The van der Waals surface area contributed by atoms with Crippen LogP contribution >= 0.6 is 11.6 Å². The third-order valence-electron chi connectivity index (χ3n) is 5.24. The Bertz CT molecular complexity index is 598. The first-order valence-corrected chi connectivity index (χ1v) is 9.96. The summed E-state index contributed by atoms with van der Waals surface area (Å²) < 4.78 is 11.1. The van der Waals surface area contributed by atoms with Crippen LogP contribution in [0.1, 0.15) is 31.2 Å². The molecule has 3 rings (SSSR count).